The SMILES string of the molecule is N#C/C(=C/Nc1c(F)cccc1F)C(=O)Nc1ccc(Cl)cc1Cl. The number of carbonyl (C=O) groups excluding carboxylic acids is 1. The van der Waals surface area contributed by atoms with Crippen molar-refractivity contribution in [1.29, 1.82) is 5.26 Å². The fraction of sp³-hybridized carbons (Fsp3) is 0. The molecule has 24 heavy (non-hydrogen) atoms. The number of hydrogen-bond donors (Lipinski definition) is 2. The van der Waals surface area contributed by atoms with Crippen molar-refractivity contribution in [3.8, 4) is 6.07 Å². The molecular formula is C16H9Cl2F2N3O. The average molecular weight is 368 g/mol. The number of hydrogen-bond acceptors (Lipinski definition) is 3. The monoisotopic (exact) mass is 367 g/mol. The van der Waals surface area contributed by atoms with Gasteiger partial charge in [0.1, 0.15) is 29.0 Å². The first kappa shape index (κ1) is 17.7. The maximum absolute atomic E-state index is 13.5. The second kappa shape index (κ2) is 7.77. The molecule has 4 nitrogen and oxygen atoms in total. The minimum Gasteiger partial charge on any atom is -0.355 e. The molecule has 8 heteroatoms. The Hall–Kier alpha value is -2.62. The molecule has 0 heterocycles. The summed E-state index contributed by atoms with van der Waals surface area (Å²) in [7, 11) is 0. The van der Waals surface area contributed by atoms with E-state index in [0.717, 1.165) is 18.3 Å². The Morgan fingerprint density at radius 3 is 2.42 bits per heavy atom. The minimum atomic E-state index is -0.857. The molecule has 0 aliphatic heterocycles. The molecule has 0 fully saturated rings. The van der Waals surface area contributed by atoms with Crippen LogP contribution in [-0.2, 0) is 4.79 Å². The van der Waals surface area contributed by atoms with Gasteiger partial charge in [-0.2, -0.15) is 5.26 Å². The zero-order valence-electron chi connectivity index (χ0n) is 11.9. The number of amides is 1. The largest absolute Gasteiger partial charge is 0.355 e. The number of nitrogens with one attached hydrogen (secondary N) is 2. The number of para-hydroxylation sites is 1. The Morgan fingerprint density at radius 2 is 1.83 bits per heavy atom. The van der Waals surface area contributed by atoms with Gasteiger partial charge < -0.3 is 10.6 Å². The maximum Gasteiger partial charge on any atom is 0.267 e. The van der Waals surface area contributed by atoms with Gasteiger partial charge in [0.2, 0.25) is 0 Å². The van der Waals surface area contributed by atoms with Crippen molar-refractivity contribution in [1.82, 2.24) is 0 Å². The van der Waals surface area contributed by atoms with E-state index >= 15 is 0 Å². The molecular weight excluding hydrogens is 359 g/mol. The summed E-state index contributed by atoms with van der Waals surface area (Å²) < 4.78 is 27.0. The standard InChI is InChI=1S/C16H9Cl2F2N3O/c17-10-4-5-14(11(18)6-10)23-16(24)9(7-21)8-22-15-12(19)2-1-3-13(15)20/h1-6,8,22H,(H,23,24)/b9-8-. The summed E-state index contributed by atoms with van der Waals surface area (Å²) in [5.74, 6) is -2.51. The molecule has 2 aromatic rings. The van der Waals surface area contributed by atoms with E-state index < -0.39 is 28.8 Å². The molecule has 0 unspecified atom stereocenters. The van der Waals surface area contributed by atoms with Crippen molar-refractivity contribution >= 4 is 40.5 Å². The van der Waals surface area contributed by atoms with Crippen molar-refractivity contribution in [2.75, 3.05) is 10.6 Å². The van der Waals surface area contributed by atoms with Crippen LogP contribution in [0, 0.1) is 23.0 Å². The third-order valence-electron chi connectivity index (χ3n) is 2.87. The summed E-state index contributed by atoms with van der Waals surface area (Å²) in [4.78, 5) is 12.1. The lowest BCUT2D eigenvalue weighted by atomic mass is 10.2. The Morgan fingerprint density at radius 1 is 1.17 bits per heavy atom. The van der Waals surface area contributed by atoms with E-state index in [1.807, 2.05) is 0 Å². The van der Waals surface area contributed by atoms with Gasteiger partial charge in [-0.3, -0.25) is 4.79 Å². The van der Waals surface area contributed by atoms with Crippen molar-refractivity contribution in [3.05, 3.63) is 69.9 Å². The van der Waals surface area contributed by atoms with E-state index in [0.29, 0.717) is 5.02 Å². The zero-order chi connectivity index (χ0) is 17.7. The van der Waals surface area contributed by atoms with Gasteiger partial charge in [-0.15, -0.1) is 0 Å². The van der Waals surface area contributed by atoms with Crippen LogP contribution in [0.5, 0.6) is 0 Å². The summed E-state index contributed by atoms with van der Waals surface area (Å²) in [6.45, 7) is 0. The van der Waals surface area contributed by atoms with E-state index in [2.05, 4.69) is 10.6 Å². The molecule has 0 atom stereocenters. The highest BCUT2D eigenvalue weighted by Crippen LogP contribution is 2.25. The van der Waals surface area contributed by atoms with Crippen LogP contribution in [0.2, 0.25) is 10.0 Å². The highest BCUT2D eigenvalue weighted by atomic mass is 35.5. The minimum absolute atomic E-state index is 0.182. The molecule has 2 aromatic carbocycles. The van der Waals surface area contributed by atoms with Crippen LogP contribution in [0.4, 0.5) is 20.2 Å². The lowest BCUT2D eigenvalue weighted by molar-refractivity contribution is -0.112. The van der Waals surface area contributed by atoms with Crippen molar-refractivity contribution in [2.24, 2.45) is 0 Å². The molecule has 1 amide bonds. The van der Waals surface area contributed by atoms with Crippen LogP contribution in [0.3, 0.4) is 0 Å². The highest BCUT2D eigenvalue weighted by molar-refractivity contribution is 6.36. The summed E-state index contributed by atoms with van der Waals surface area (Å²) in [6.07, 6.45) is 0.903. The second-order valence-corrected chi connectivity index (χ2v) is 5.33. The normalized spacial score (nSPS) is 10.9. The van der Waals surface area contributed by atoms with Gasteiger partial charge in [-0.05, 0) is 30.3 Å². The first-order valence-electron chi connectivity index (χ1n) is 6.49. The molecule has 0 radical (unpaired) electrons. The number of halogens is 4. The third kappa shape index (κ3) is 4.22. The molecule has 0 saturated heterocycles. The predicted molar refractivity (Wildman–Crippen MR) is 88.8 cm³/mol. The molecule has 0 bridgehead atoms. The Balaban J connectivity index is 2.18. The molecule has 0 aliphatic carbocycles. The second-order valence-electron chi connectivity index (χ2n) is 4.49. The smallest absolute Gasteiger partial charge is 0.267 e. The molecule has 2 N–H and O–H groups in total. The van der Waals surface area contributed by atoms with Crippen LogP contribution >= 0.6 is 23.2 Å². The molecule has 0 aliphatic rings. The first-order chi connectivity index (χ1) is 11.4. The fourth-order valence-corrected chi connectivity index (χ4v) is 2.16. The number of nitriles is 1. The summed E-state index contributed by atoms with van der Waals surface area (Å²) >= 11 is 11.7. The van der Waals surface area contributed by atoms with Gasteiger partial charge in [0.05, 0.1) is 10.7 Å². The summed E-state index contributed by atoms with van der Waals surface area (Å²) in [5, 5.41) is 14.3. The van der Waals surface area contributed by atoms with Gasteiger partial charge in [-0.25, -0.2) is 8.78 Å². The quantitative estimate of drug-likeness (QED) is 0.606. The Kier molecular flexibility index (Phi) is 5.74. The Bertz CT molecular complexity index is 843. The van der Waals surface area contributed by atoms with Gasteiger partial charge in [-0.1, -0.05) is 29.3 Å². The third-order valence-corrected chi connectivity index (χ3v) is 3.42. The van der Waals surface area contributed by atoms with Gasteiger partial charge in [0.15, 0.2) is 0 Å². The molecule has 122 valence electrons. The van der Waals surface area contributed by atoms with Crippen LogP contribution in [-0.4, -0.2) is 5.91 Å². The molecule has 0 spiro atoms. The summed E-state index contributed by atoms with van der Waals surface area (Å²) in [6, 6.07) is 9.29. The van der Waals surface area contributed by atoms with E-state index in [9.17, 15) is 13.6 Å². The molecule has 0 aromatic heterocycles. The van der Waals surface area contributed by atoms with Gasteiger partial charge >= 0.3 is 0 Å². The van der Waals surface area contributed by atoms with Gasteiger partial charge in [0, 0.05) is 11.2 Å². The van der Waals surface area contributed by atoms with Crippen molar-refractivity contribution in [3.63, 3.8) is 0 Å². The zero-order valence-corrected chi connectivity index (χ0v) is 13.4. The molecule has 2 rings (SSSR count). The lowest BCUT2D eigenvalue weighted by Crippen LogP contribution is -2.15. The van der Waals surface area contributed by atoms with Crippen LogP contribution < -0.4 is 10.6 Å². The first-order valence-corrected chi connectivity index (χ1v) is 7.25. The van der Waals surface area contributed by atoms with E-state index in [-0.39, 0.29) is 10.7 Å². The predicted octanol–water partition coefficient (Wildman–Crippen LogP) is 4.73. The van der Waals surface area contributed by atoms with Crippen LogP contribution in [0.15, 0.2) is 48.2 Å². The summed E-state index contributed by atoms with van der Waals surface area (Å²) in [5.41, 5.74) is -0.629. The van der Waals surface area contributed by atoms with Crippen LogP contribution in [0.25, 0.3) is 0 Å². The fourth-order valence-electron chi connectivity index (χ4n) is 1.71. The number of nitrogens with zero attached hydrogens (tertiary/aromatic N) is 1. The lowest BCUT2D eigenvalue weighted by Gasteiger charge is -2.08. The highest BCUT2D eigenvalue weighted by Gasteiger charge is 2.13. The van der Waals surface area contributed by atoms with E-state index in [1.165, 1.54) is 24.3 Å². The molecule has 0 saturated carbocycles. The average Bonchev–Trinajstić information content (AvgIpc) is 2.53. The number of rotatable bonds is 4. The Labute approximate surface area is 146 Å². The van der Waals surface area contributed by atoms with Crippen LogP contribution in [0.1, 0.15) is 0 Å². The van der Waals surface area contributed by atoms with Crippen molar-refractivity contribution in [2.45, 2.75) is 0 Å². The number of carbonyl (C=O) groups is 1. The van der Waals surface area contributed by atoms with E-state index in [1.54, 1.807) is 6.07 Å². The van der Waals surface area contributed by atoms with Gasteiger partial charge in [0.25, 0.3) is 5.91 Å². The van der Waals surface area contributed by atoms with E-state index in [4.69, 9.17) is 28.5 Å². The van der Waals surface area contributed by atoms with Crippen molar-refractivity contribution < 1.29 is 13.6 Å². The number of anilines is 2. The maximum atomic E-state index is 13.5. The topological polar surface area (TPSA) is 64.9 Å². The number of benzene rings is 2.